The zero-order valence-corrected chi connectivity index (χ0v) is 10.3. The summed E-state index contributed by atoms with van der Waals surface area (Å²) in [5.41, 5.74) is 7.06. The van der Waals surface area contributed by atoms with E-state index in [0.29, 0.717) is 22.9 Å². The molecule has 0 unspecified atom stereocenters. The van der Waals surface area contributed by atoms with Crippen molar-refractivity contribution in [3.05, 3.63) is 58.9 Å². The third kappa shape index (κ3) is 3.21. The van der Waals surface area contributed by atoms with Crippen molar-refractivity contribution in [1.29, 1.82) is 5.41 Å². The van der Waals surface area contributed by atoms with Crippen LogP contribution in [0.15, 0.2) is 42.7 Å². The van der Waals surface area contributed by atoms with Crippen LogP contribution in [-0.4, -0.2) is 10.8 Å². The fourth-order valence-corrected chi connectivity index (χ4v) is 1.58. The molecule has 0 saturated carbocycles. The van der Waals surface area contributed by atoms with Crippen molar-refractivity contribution in [3.8, 4) is 5.75 Å². The highest BCUT2D eigenvalue weighted by Crippen LogP contribution is 2.16. The van der Waals surface area contributed by atoms with E-state index >= 15 is 0 Å². The fraction of sp³-hybridized carbons (Fsp3) is 0.0769. The number of nitrogen functional groups attached to an aromatic ring is 1. The van der Waals surface area contributed by atoms with E-state index in [0.717, 1.165) is 5.56 Å². The molecule has 0 fully saturated rings. The van der Waals surface area contributed by atoms with E-state index in [1.807, 2.05) is 12.1 Å². The molecule has 2 rings (SSSR count). The molecule has 0 aliphatic rings. The molecular formula is C13H12ClN3O. The summed E-state index contributed by atoms with van der Waals surface area (Å²) in [4.78, 5) is 3.93. The summed E-state index contributed by atoms with van der Waals surface area (Å²) in [5.74, 6) is 0.680. The van der Waals surface area contributed by atoms with Gasteiger partial charge in [-0.25, -0.2) is 0 Å². The van der Waals surface area contributed by atoms with Crippen molar-refractivity contribution in [3.63, 3.8) is 0 Å². The molecule has 0 aliphatic carbocycles. The predicted molar refractivity (Wildman–Crippen MR) is 71.0 cm³/mol. The number of pyridine rings is 1. The number of ether oxygens (including phenoxy) is 1. The van der Waals surface area contributed by atoms with E-state index in [4.69, 9.17) is 27.5 Å². The van der Waals surface area contributed by atoms with E-state index in [2.05, 4.69) is 4.98 Å². The lowest BCUT2D eigenvalue weighted by Gasteiger charge is -2.06. The Balaban J connectivity index is 2.00. The van der Waals surface area contributed by atoms with Gasteiger partial charge in [0.25, 0.3) is 0 Å². The van der Waals surface area contributed by atoms with Crippen molar-refractivity contribution in [2.45, 2.75) is 6.61 Å². The summed E-state index contributed by atoms with van der Waals surface area (Å²) in [5, 5.41) is 7.83. The molecule has 0 radical (unpaired) electrons. The number of nitrogens with one attached hydrogen (secondary N) is 1. The number of halogens is 1. The second-order valence-corrected chi connectivity index (χ2v) is 4.17. The molecule has 0 bridgehead atoms. The number of benzene rings is 1. The lowest BCUT2D eigenvalue weighted by Crippen LogP contribution is -2.10. The van der Waals surface area contributed by atoms with Crippen LogP contribution in [0.5, 0.6) is 5.75 Å². The van der Waals surface area contributed by atoms with Crippen LogP contribution in [0.2, 0.25) is 5.02 Å². The maximum absolute atomic E-state index is 7.29. The van der Waals surface area contributed by atoms with E-state index in [-0.39, 0.29) is 5.84 Å². The highest BCUT2D eigenvalue weighted by molar-refractivity contribution is 6.30. The van der Waals surface area contributed by atoms with E-state index in [1.54, 1.807) is 30.6 Å². The monoisotopic (exact) mass is 261 g/mol. The molecule has 0 atom stereocenters. The minimum absolute atomic E-state index is 0.0570. The lowest BCUT2D eigenvalue weighted by molar-refractivity contribution is 0.305. The first-order chi connectivity index (χ1) is 8.65. The van der Waals surface area contributed by atoms with Crippen LogP contribution in [0.3, 0.4) is 0 Å². The van der Waals surface area contributed by atoms with Gasteiger partial charge in [-0.05, 0) is 5.56 Å². The van der Waals surface area contributed by atoms with Gasteiger partial charge in [-0.15, -0.1) is 0 Å². The Bertz CT molecular complexity index is 554. The first-order valence-electron chi connectivity index (χ1n) is 5.32. The normalized spacial score (nSPS) is 10.1. The maximum atomic E-state index is 7.29. The van der Waals surface area contributed by atoms with Crippen LogP contribution >= 0.6 is 11.6 Å². The summed E-state index contributed by atoms with van der Waals surface area (Å²) in [7, 11) is 0. The molecule has 0 spiro atoms. The summed E-state index contributed by atoms with van der Waals surface area (Å²) >= 11 is 5.80. The number of nitrogens with two attached hydrogens (primary N) is 1. The molecule has 92 valence electrons. The van der Waals surface area contributed by atoms with Gasteiger partial charge in [0, 0.05) is 17.8 Å². The van der Waals surface area contributed by atoms with Crippen LogP contribution < -0.4 is 10.5 Å². The molecule has 0 saturated heterocycles. The number of amidine groups is 1. The van der Waals surface area contributed by atoms with Gasteiger partial charge in [0.2, 0.25) is 0 Å². The Morgan fingerprint density at radius 1 is 1.28 bits per heavy atom. The van der Waals surface area contributed by atoms with E-state index in [9.17, 15) is 0 Å². The van der Waals surface area contributed by atoms with E-state index < -0.39 is 0 Å². The quantitative estimate of drug-likeness (QED) is 0.656. The number of hydrogen-bond donors (Lipinski definition) is 2. The van der Waals surface area contributed by atoms with Crippen molar-refractivity contribution >= 4 is 17.4 Å². The van der Waals surface area contributed by atoms with Crippen LogP contribution in [0.25, 0.3) is 0 Å². The Hall–Kier alpha value is -2.07. The molecule has 4 nitrogen and oxygen atoms in total. The Labute approximate surface area is 110 Å². The molecule has 5 heteroatoms. The zero-order chi connectivity index (χ0) is 13.0. The second kappa shape index (κ2) is 5.51. The molecule has 2 aromatic rings. The zero-order valence-electron chi connectivity index (χ0n) is 9.56. The SMILES string of the molecule is N=C(N)c1ccc(COc2cncc(Cl)c2)cc1. The summed E-state index contributed by atoms with van der Waals surface area (Å²) in [6.07, 6.45) is 3.16. The predicted octanol–water partition coefficient (Wildman–Crippen LogP) is 2.60. The van der Waals surface area contributed by atoms with Crippen molar-refractivity contribution in [2.24, 2.45) is 5.73 Å². The van der Waals surface area contributed by atoms with Crippen molar-refractivity contribution in [1.82, 2.24) is 4.98 Å². The largest absolute Gasteiger partial charge is 0.487 e. The number of hydrogen-bond acceptors (Lipinski definition) is 3. The standard InChI is InChI=1S/C13H12ClN3O/c14-11-5-12(7-17-6-11)18-8-9-1-3-10(4-2-9)13(15)16/h1-7H,8H2,(H3,15,16). The fourth-order valence-electron chi connectivity index (χ4n) is 1.42. The number of rotatable bonds is 4. The Kier molecular flexibility index (Phi) is 3.79. The van der Waals surface area contributed by atoms with Gasteiger partial charge in [0.1, 0.15) is 18.2 Å². The van der Waals surface area contributed by atoms with Gasteiger partial charge in [0.15, 0.2) is 0 Å². The molecule has 0 amide bonds. The summed E-state index contributed by atoms with van der Waals surface area (Å²) < 4.78 is 5.54. The molecular weight excluding hydrogens is 250 g/mol. The van der Waals surface area contributed by atoms with Gasteiger partial charge in [0.05, 0.1) is 11.2 Å². The van der Waals surface area contributed by atoms with Crippen molar-refractivity contribution < 1.29 is 4.74 Å². The molecule has 1 aromatic carbocycles. The topological polar surface area (TPSA) is 72.0 Å². The Morgan fingerprint density at radius 3 is 2.61 bits per heavy atom. The highest BCUT2D eigenvalue weighted by atomic mass is 35.5. The lowest BCUT2D eigenvalue weighted by atomic mass is 10.1. The second-order valence-electron chi connectivity index (χ2n) is 3.74. The first kappa shape index (κ1) is 12.4. The van der Waals surface area contributed by atoms with Crippen LogP contribution in [0.1, 0.15) is 11.1 Å². The molecule has 1 aromatic heterocycles. The third-order valence-corrected chi connectivity index (χ3v) is 2.56. The van der Waals surface area contributed by atoms with Gasteiger partial charge < -0.3 is 10.5 Å². The third-order valence-electron chi connectivity index (χ3n) is 2.35. The average Bonchev–Trinajstić information content (AvgIpc) is 2.37. The first-order valence-corrected chi connectivity index (χ1v) is 5.69. The Morgan fingerprint density at radius 2 is 2.00 bits per heavy atom. The van der Waals surface area contributed by atoms with Crippen LogP contribution in [0.4, 0.5) is 0 Å². The maximum Gasteiger partial charge on any atom is 0.139 e. The molecule has 0 aliphatic heterocycles. The van der Waals surface area contributed by atoms with Crippen LogP contribution in [-0.2, 0) is 6.61 Å². The minimum atomic E-state index is 0.0570. The molecule has 1 heterocycles. The van der Waals surface area contributed by atoms with Gasteiger partial charge in [-0.2, -0.15) is 0 Å². The van der Waals surface area contributed by atoms with Gasteiger partial charge >= 0.3 is 0 Å². The minimum Gasteiger partial charge on any atom is -0.487 e. The molecule has 18 heavy (non-hydrogen) atoms. The average molecular weight is 262 g/mol. The smallest absolute Gasteiger partial charge is 0.139 e. The highest BCUT2D eigenvalue weighted by Gasteiger charge is 1.99. The van der Waals surface area contributed by atoms with Gasteiger partial charge in [-0.3, -0.25) is 10.4 Å². The van der Waals surface area contributed by atoms with Gasteiger partial charge in [-0.1, -0.05) is 35.9 Å². The van der Waals surface area contributed by atoms with Crippen LogP contribution in [0, 0.1) is 5.41 Å². The van der Waals surface area contributed by atoms with E-state index in [1.165, 1.54) is 0 Å². The number of aromatic nitrogens is 1. The summed E-state index contributed by atoms with van der Waals surface area (Å²) in [6.45, 7) is 0.417. The van der Waals surface area contributed by atoms with Crippen molar-refractivity contribution in [2.75, 3.05) is 0 Å². The summed E-state index contributed by atoms with van der Waals surface area (Å²) in [6, 6.07) is 9.02. The molecule has 3 N–H and O–H groups in total. The number of nitrogens with zero attached hydrogens (tertiary/aromatic N) is 1.